The highest BCUT2D eigenvalue weighted by molar-refractivity contribution is 5.87. The van der Waals surface area contributed by atoms with Gasteiger partial charge in [-0.25, -0.2) is 0 Å². The molecule has 0 heterocycles. The van der Waals surface area contributed by atoms with Gasteiger partial charge in [0.2, 0.25) is 0 Å². The minimum absolute atomic E-state index is 0.0217. The molecule has 27 heavy (non-hydrogen) atoms. The van der Waals surface area contributed by atoms with Crippen molar-refractivity contribution in [1.82, 2.24) is 4.90 Å². The Kier molecular flexibility index (Phi) is 5.33. The first-order chi connectivity index (χ1) is 13.1. The maximum Gasteiger partial charge on any atom is 0.139 e. The SMILES string of the molecule is CCN(CC)CCOc1ccc2c(c1)CC[C@@H]1[C@@H]2CC[C@]2(C)C(=O)CC[C@@H]12. The van der Waals surface area contributed by atoms with Crippen molar-refractivity contribution < 1.29 is 9.53 Å². The molecule has 2 fully saturated rings. The van der Waals surface area contributed by atoms with Gasteiger partial charge in [0.1, 0.15) is 18.1 Å². The predicted molar refractivity (Wildman–Crippen MR) is 109 cm³/mol. The first-order valence-electron chi connectivity index (χ1n) is 11.1. The Bertz CT molecular complexity index is 696. The lowest BCUT2D eigenvalue weighted by Crippen LogP contribution is -2.42. The molecule has 3 aliphatic rings. The fraction of sp³-hybridized carbons (Fsp3) is 0.708. The Morgan fingerprint density at radius 3 is 2.74 bits per heavy atom. The summed E-state index contributed by atoms with van der Waals surface area (Å²) in [5, 5.41) is 0. The topological polar surface area (TPSA) is 29.5 Å². The number of likely N-dealkylation sites (N-methyl/N-ethyl adjacent to an activating group) is 1. The molecule has 0 saturated heterocycles. The molecule has 1 aromatic rings. The van der Waals surface area contributed by atoms with E-state index in [0.29, 0.717) is 23.5 Å². The molecule has 0 N–H and O–H groups in total. The van der Waals surface area contributed by atoms with E-state index >= 15 is 0 Å². The summed E-state index contributed by atoms with van der Waals surface area (Å²) in [5.74, 6) is 3.53. The lowest BCUT2D eigenvalue weighted by Gasteiger charge is -2.48. The fourth-order valence-electron chi connectivity index (χ4n) is 6.25. The molecule has 0 aromatic heterocycles. The Labute approximate surface area is 164 Å². The number of aryl methyl sites for hydroxylation is 1. The second-order valence-electron chi connectivity index (χ2n) is 9.07. The molecule has 3 aliphatic carbocycles. The maximum absolute atomic E-state index is 12.5. The number of ketones is 1. The number of fused-ring (bicyclic) bond motifs is 5. The second-order valence-corrected chi connectivity index (χ2v) is 9.07. The van der Waals surface area contributed by atoms with Crippen LogP contribution in [0.1, 0.15) is 69.9 Å². The molecule has 0 aliphatic heterocycles. The summed E-state index contributed by atoms with van der Waals surface area (Å²) >= 11 is 0. The van der Waals surface area contributed by atoms with Gasteiger partial charge >= 0.3 is 0 Å². The number of hydrogen-bond acceptors (Lipinski definition) is 3. The predicted octanol–water partition coefficient (Wildman–Crippen LogP) is 4.83. The van der Waals surface area contributed by atoms with Crippen LogP contribution in [0.15, 0.2) is 18.2 Å². The summed E-state index contributed by atoms with van der Waals surface area (Å²) in [4.78, 5) is 14.9. The highest BCUT2D eigenvalue weighted by Gasteiger charge is 2.54. The number of hydrogen-bond donors (Lipinski definition) is 0. The van der Waals surface area contributed by atoms with E-state index in [4.69, 9.17) is 4.74 Å². The molecule has 148 valence electrons. The molecule has 2 saturated carbocycles. The largest absolute Gasteiger partial charge is 0.492 e. The highest BCUT2D eigenvalue weighted by atomic mass is 16.5. The zero-order valence-corrected chi connectivity index (χ0v) is 17.3. The number of Topliss-reactive ketones (excluding diaryl/α,β-unsaturated/α-hetero) is 1. The van der Waals surface area contributed by atoms with Gasteiger partial charge in [-0.05, 0) is 86.2 Å². The number of rotatable bonds is 6. The number of carbonyl (C=O) groups excluding carboxylic acids is 1. The highest BCUT2D eigenvalue weighted by Crippen LogP contribution is 2.59. The van der Waals surface area contributed by atoms with Crippen LogP contribution in [-0.2, 0) is 11.2 Å². The van der Waals surface area contributed by atoms with E-state index in [9.17, 15) is 4.79 Å². The molecule has 0 bridgehead atoms. The fourth-order valence-corrected chi connectivity index (χ4v) is 6.25. The zero-order chi connectivity index (χ0) is 19.0. The summed E-state index contributed by atoms with van der Waals surface area (Å²) in [7, 11) is 0. The molecule has 1 aromatic carbocycles. The van der Waals surface area contributed by atoms with E-state index in [1.807, 2.05) is 0 Å². The van der Waals surface area contributed by atoms with Gasteiger partial charge in [-0.15, -0.1) is 0 Å². The molecule has 4 rings (SSSR count). The Balaban J connectivity index is 1.45. The van der Waals surface area contributed by atoms with Crippen molar-refractivity contribution in [2.45, 2.75) is 65.2 Å². The monoisotopic (exact) mass is 369 g/mol. The van der Waals surface area contributed by atoms with Crippen molar-refractivity contribution in [3.05, 3.63) is 29.3 Å². The molecule has 0 radical (unpaired) electrons. The van der Waals surface area contributed by atoms with Gasteiger partial charge in [0, 0.05) is 18.4 Å². The van der Waals surface area contributed by atoms with Crippen molar-refractivity contribution >= 4 is 5.78 Å². The number of benzene rings is 1. The Morgan fingerprint density at radius 1 is 1.15 bits per heavy atom. The average Bonchev–Trinajstić information content (AvgIpc) is 3.00. The molecular formula is C24H35NO2. The van der Waals surface area contributed by atoms with E-state index in [1.165, 1.54) is 18.4 Å². The third kappa shape index (κ3) is 3.33. The van der Waals surface area contributed by atoms with Gasteiger partial charge in [0.25, 0.3) is 0 Å². The smallest absolute Gasteiger partial charge is 0.139 e. The first kappa shape index (κ1) is 19.0. The summed E-state index contributed by atoms with van der Waals surface area (Å²) in [6, 6.07) is 6.80. The van der Waals surface area contributed by atoms with Crippen molar-refractivity contribution in [3.63, 3.8) is 0 Å². The van der Waals surface area contributed by atoms with E-state index in [-0.39, 0.29) is 5.41 Å². The second kappa shape index (κ2) is 7.58. The first-order valence-corrected chi connectivity index (χ1v) is 11.1. The summed E-state index contributed by atoms with van der Waals surface area (Å²) in [6.07, 6.45) is 6.59. The molecule has 0 amide bonds. The van der Waals surface area contributed by atoms with Crippen molar-refractivity contribution in [2.75, 3.05) is 26.2 Å². The number of ether oxygens (including phenoxy) is 1. The summed E-state index contributed by atoms with van der Waals surface area (Å²) in [6.45, 7) is 10.6. The van der Waals surface area contributed by atoms with Crippen molar-refractivity contribution in [1.29, 1.82) is 0 Å². The zero-order valence-electron chi connectivity index (χ0n) is 17.3. The quantitative estimate of drug-likeness (QED) is 0.719. The van der Waals surface area contributed by atoms with E-state index in [1.54, 1.807) is 5.56 Å². The molecule has 0 unspecified atom stereocenters. The Hall–Kier alpha value is -1.35. The Morgan fingerprint density at radius 2 is 1.96 bits per heavy atom. The minimum Gasteiger partial charge on any atom is -0.492 e. The number of nitrogens with zero attached hydrogens (tertiary/aromatic N) is 1. The average molecular weight is 370 g/mol. The molecule has 0 spiro atoms. The van der Waals surface area contributed by atoms with Crippen LogP contribution in [0, 0.1) is 17.3 Å². The molecular weight excluding hydrogens is 334 g/mol. The van der Waals surface area contributed by atoms with E-state index in [0.717, 1.165) is 57.7 Å². The standard InChI is InChI=1S/C24H35NO2/c1-4-25(5-2)14-15-27-18-7-9-19-17(16-18)6-8-21-20(19)12-13-24(3)22(21)10-11-23(24)26/h7,9,16,20-22H,4-6,8,10-15H2,1-3H3/t20-,21-,22+,24+/m1/s1. The minimum atomic E-state index is -0.0217. The van der Waals surface area contributed by atoms with Crippen LogP contribution in [0.25, 0.3) is 0 Å². The van der Waals surface area contributed by atoms with Crippen LogP contribution >= 0.6 is 0 Å². The van der Waals surface area contributed by atoms with Crippen LogP contribution in [-0.4, -0.2) is 36.9 Å². The lowest BCUT2D eigenvalue weighted by atomic mass is 9.55. The molecule has 3 nitrogen and oxygen atoms in total. The maximum atomic E-state index is 12.5. The molecule has 4 atom stereocenters. The lowest BCUT2D eigenvalue weighted by molar-refractivity contribution is -0.129. The normalized spacial score (nSPS) is 32.1. The van der Waals surface area contributed by atoms with Crippen LogP contribution < -0.4 is 4.74 Å². The summed E-state index contributed by atoms with van der Waals surface area (Å²) in [5.41, 5.74) is 3.01. The van der Waals surface area contributed by atoms with Crippen molar-refractivity contribution in [2.24, 2.45) is 17.3 Å². The molecule has 3 heteroatoms. The summed E-state index contributed by atoms with van der Waals surface area (Å²) < 4.78 is 6.06. The third-order valence-electron chi connectivity index (χ3n) is 7.98. The van der Waals surface area contributed by atoms with Crippen LogP contribution in [0.3, 0.4) is 0 Å². The van der Waals surface area contributed by atoms with Crippen LogP contribution in [0.4, 0.5) is 0 Å². The van der Waals surface area contributed by atoms with E-state index in [2.05, 4.69) is 43.9 Å². The van der Waals surface area contributed by atoms with Gasteiger partial charge in [-0.1, -0.05) is 26.8 Å². The van der Waals surface area contributed by atoms with Gasteiger partial charge in [-0.2, -0.15) is 0 Å². The van der Waals surface area contributed by atoms with Gasteiger partial charge in [-0.3, -0.25) is 4.79 Å². The van der Waals surface area contributed by atoms with E-state index < -0.39 is 0 Å². The van der Waals surface area contributed by atoms with Gasteiger partial charge in [0.15, 0.2) is 0 Å². The number of carbonyl (C=O) groups is 1. The van der Waals surface area contributed by atoms with Gasteiger partial charge in [0.05, 0.1) is 0 Å². The van der Waals surface area contributed by atoms with Crippen LogP contribution in [0.5, 0.6) is 5.75 Å². The van der Waals surface area contributed by atoms with Crippen molar-refractivity contribution in [3.8, 4) is 5.75 Å². The third-order valence-corrected chi connectivity index (χ3v) is 7.98. The van der Waals surface area contributed by atoms with Gasteiger partial charge < -0.3 is 9.64 Å². The van der Waals surface area contributed by atoms with Crippen LogP contribution in [0.2, 0.25) is 0 Å².